The van der Waals surface area contributed by atoms with Crippen LogP contribution in [0.1, 0.15) is 43.7 Å². The summed E-state index contributed by atoms with van der Waals surface area (Å²) in [6, 6.07) is 17.4. The smallest absolute Gasteiger partial charge is 0.319 e. The Morgan fingerprint density at radius 3 is 2.37 bits per heavy atom. The molecule has 30 heavy (non-hydrogen) atoms. The number of benzene rings is 2. The molecular formula is C25H33N3O2. The minimum atomic E-state index is -0.482. The van der Waals surface area contributed by atoms with Crippen LogP contribution in [0.25, 0.3) is 0 Å². The van der Waals surface area contributed by atoms with E-state index < -0.39 is 6.04 Å². The zero-order valence-electron chi connectivity index (χ0n) is 18.1. The van der Waals surface area contributed by atoms with E-state index in [0.717, 1.165) is 50.0 Å². The minimum absolute atomic E-state index is 0.0370. The molecule has 0 bridgehead atoms. The summed E-state index contributed by atoms with van der Waals surface area (Å²) in [5, 5.41) is 5.77. The maximum absolute atomic E-state index is 13.1. The third-order valence-corrected chi connectivity index (χ3v) is 5.87. The van der Waals surface area contributed by atoms with Gasteiger partial charge >= 0.3 is 6.03 Å². The van der Waals surface area contributed by atoms with Crippen molar-refractivity contribution in [1.29, 1.82) is 0 Å². The Morgan fingerprint density at radius 1 is 1.03 bits per heavy atom. The number of urea groups is 1. The van der Waals surface area contributed by atoms with Crippen molar-refractivity contribution in [2.45, 2.75) is 52.0 Å². The number of hydrogen-bond donors (Lipinski definition) is 2. The molecule has 1 atom stereocenters. The molecule has 1 saturated heterocycles. The Bertz CT molecular complexity index is 829. The van der Waals surface area contributed by atoms with Crippen molar-refractivity contribution in [3.05, 3.63) is 65.7 Å². The molecule has 0 aromatic heterocycles. The fourth-order valence-electron chi connectivity index (χ4n) is 4.10. The van der Waals surface area contributed by atoms with Crippen LogP contribution >= 0.6 is 0 Å². The number of aryl methyl sites for hydroxylation is 1. The van der Waals surface area contributed by atoms with Crippen LogP contribution in [0, 0.1) is 12.8 Å². The number of amides is 3. The Labute approximate surface area is 179 Å². The first-order valence-electron chi connectivity index (χ1n) is 11.0. The summed E-state index contributed by atoms with van der Waals surface area (Å²) < 4.78 is 0. The maximum atomic E-state index is 13.1. The first-order valence-corrected chi connectivity index (χ1v) is 11.0. The summed E-state index contributed by atoms with van der Waals surface area (Å²) in [5.41, 5.74) is 3.12. The van der Waals surface area contributed by atoms with E-state index in [1.54, 1.807) is 0 Å². The van der Waals surface area contributed by atoms with Gasteiger partial charge in [-0.2, -0.15) is 0 Å². The van der Waals surface area contributed by atoms with Gasteiger partial charge in [-0.05, 0) is 55.7 Å². The van der Waals surface area contributed by atoms with Gasteiger partial charge in [0.25, 0.3) is 0 Å². The fourth-order valence-corrected chi connectivity index (χ4v) is 4.10. The van der Waals surface area contributed by atoms with Gasteiger partial charge in [-0.1, -0.05) is 61.9 Å². The molecule has 0 radical (unpaired) electrons. The summed E-state index contributed by atoms with van der Waals surface area (Å²) in [6.45, 7) is 5.51. The van der Waals surface area contributed by atoms with Crippen molar-refractivity contribution < 1.29 is 9.59 Å². The molecule has 5 nitrogen and oxygen atoms in total. The van der Waals surface area contributed by atoms with Crippen LogP contribution in [-0.2, 0) is 11.2 Å². The molecule has 1 unspecified atom stereocenters. The second kappa shape index (κ2) is 10.8. The molecule has 2 aromatic carbocycles. The average Bonchev–Trinajstić information content (AvgIpc) is 2.76. The lowest BCUT2D eigenvalue weighted by Crippen LogP contribution is -2.51. The zero-order valence-corrected chi connectivity index (χ0v) is 18.1. The van der Waals surface area contributed by atoms with Crippen LogP contribution in [0.4, 0.5) is 10.5 Å². The number of nitrogens with zero attached hydrogens (tertiary/aromatic N) is 1. The normalized spacial score (nSPS) is 15.5. The van der Waals surface area contributed by atoms with Gasteiger partial charge in [0.1, 0.15) is 6.04 Å². The van der Waals surface area contributed by atoms with Crippen LogP contribution in [0.15, 0.2) is 54.6 Å². The van der Waals surface area contributed by atoms with Crippen LogP contribution in [0.3, 0.4) is 0 Å². The third kappa shape index (κ3) is 6.09. The Hall–Kier alpha value is -2.82. The standard InChI is InChI=1S/C25H33N3O2/c1-3-9-23(27-25(30)26-22-13-8-7-10-19(22)2)24(29)28-16-14-21(15-17-28)18-20-11-5-4-6-12-20/h4-8,10-13,21,23H,3,9,14-18H2,1-2H3,(H2,26,27,30). The molecular weight excluding hydrogens is 374 g/mol. The number of nitrogens with one attached hydrogen (secondary N) is 2. The van der Waals surface area contributed by atoms with Gasteiger partial charge in [-0.3, -0.25) is 4.79 Å². The van der Waals surface area contributed by atoms with E-state index in [1.807, 2.05) is 49.1 Å². The molecule has 1 fully saturated rings. The lowest BCUT2D eigenvalue weighted by Gasteiger charge is -2.34. The Morgan fingerprint density at radius 2 is 1.70 bits per heavy atom. The van der Waals surface area contributed by atoms with Gasteiger partial charge in [-0.15, -0.1) is 0 Å². The van der Waals surface area contributed by atoms with Crippen LogP contribution in [-0.4, -0.2) is 36.0 Å². The van der Waals surface area contributed by atoms with Crippen molar-refractivity contribution >= 4 is 17.6 Å². The van der Waals surface area contributed by atoms with Gasteiger partial charge in [-0.25, -0.2) is 4.79 Å². The maximum Gasteiger partial charge on any atom is 0.319 e. The van der Waals surface area contributed by atoms with E-state index in [2.05, 4.69) is 34.9 Å². The number of rotatable bonds is 7. The van der Waals surface area contributed by atoms with E-state index in [4.69, 9.17) is 0 Å². The van der Waals surface area contributed by atoms with E-state index in [-0.39, 0.29) is 11.9 Å². The summed E-state index contributed by atoms with van der Waals surface area (Å²) in [5.74, 6) is 0.647. The topological polar surface area (TPSA) is 61.4 Å². The first kappa shape index (κ1) is 21.9. The number of likely N-dealkylation sites (tertiary alicyclic amines) is 1. The van der Waals surface area contributed by atoms with Gasteiger partial charge in [0, 0.05) is 18.8 Å². The van der Waals surface area contributed by atoms with Crippen molar-refractivity contribution in [2.75, 3.05) is 18.4 Å². The molecule has 160 valence electrons. The molecule has 3 amide bonds. The monoisotopic (exact) mass is 407 g/mol. The van der Waals surface area contributed by atoms with Gasteiger partial charge in [0.05, 0.1) is 0 Å². The third-order valence-electron chi connectivity index (χ3n) is 5.87. The van der Waals surface area contributed by atoms with E-state index in [9.17, 15) is 9.59 Å². The predicted molar refractivity (Wildman–Crippen MR) is 121 cm³/mol. The van der Waals surface area contributed by atoms with Crippen LogP contribution in [0.5, 0.6) is 0 Å². The van der Waals surface area contributed by atoms with E-state index in [0.29, 0.717) is 12.3 Å². The second-order valence-electron chi connectivity index (χ2n) is 8.21. The predicted octanol–water partition coefficient (Wildman–Crippen LogP) is 4.77. The zero-order chi connectivity index (χ0) is 21.3. The largest absolute Gasteiger partial charge is 0.341 e. The molecule has 2 aromatic rings. The fraction of sp³-hybridized carbons (Fsp3) is 0.440. The molecule has 5 heteroatoms. The molecule has 1 aliphatic heterocycles. The van der Waals surface area contributed by atoms with Crippen molar-refractivity contribution in [3.63, 3.8) is 0 Å². The molecule has 2 N–H and O–H groups in total. The molecule has 3 rings (SSSR count). The summed E-state index contributed by atoms with van der Waals surface area (Å²) >= 11 is 0. The SMILES string of the molecule is CCCC(NC(=O)Nc1ccccc1C)C(=O)N1CCC(Cc2ccccc2)CC1. The highest BCUT2D eigenvalue weighted by atomic mass is 16.2. The molecule has 0 saturated carbocycles. The van der Waals surface area contributed by atoms with E-state index >= 15 is 0 Å². The van der Waals surface area contributed by atoms with Gasteiger partial charge in [0.15, 0.2) is 0 Å². The highest BCUT2D eigenvalue weighted by Crippen LogP contribution is 2.22. The summed E-state index contributed by atoms with van der Waals surface area (Å²) in [6.07, 6.45) is 4.57. The number of anilines is 1. The Balaban J connectivity index is 1.52. The average molecular weight is 408 g/mol. The first-order chi connectivity index (χ1) is 14.6. The lowest BCUT2D eigenvalue weighted by atomic mass is 9.90. The molecule has 1 aliphatic rings. The molecule has 1 heterocycles. The highest BCUT2D eigenvalue weighted by molar-refractivity contribution is 5.94. The van der Waals surface area contributed by atoms with E-state index in [1.165, 1.54) is 5.56 Å². The Kier molecular flexibility index (Phi) is 7.89. The van der Waals surface area contributed by atoms with Crippen LogP contribution in [0.2, 0.25) is 0 Å². The lowest BCUT2D eigenvalue weighted by molar-refractivity contribution is -0.134. The summed E-state index contributed by atoms with van der Waals surface area (Å²) in [7, 11) is 0. The van der Waals surface area contributed by atoms with Crippen molar-refractivity contribution in [2.24, 2.45) is 5.92 Å². The number of carbonyl (C=O) groups is 2. The molecule has 0 spiro atoms. The molecule has 0 aliphatic carbocycles. The van der Waals surface area contributed by atoms with Gasteiger partial charge < -0.3 is 15.5 Å². The van der Waals surface area contributed by atoms with Crippen molar-refractivity contribution in [3.8, 4) is 0 Å². The summed E-state index contributed by atoms with van der Waals surface area (Å²) in [4.78, 5) is 27.5. The van der Waals surface area contributed by atoms with Crippen LogP contribution < -0.4 is 10.6 Å². The quantitative estimate of drug-likeness (QED) is 0.695. The number of carbonyl (C=O) groups excluding carboxylic acids is 2. The number of para-hydroxylation sites is 1. The number of piperidine rings is 1. The second-order valence-corrected chi connectivity index (χ2v) is 8.21. The van der Waals surface area contributed by atoms with Gasteiger partial charge in [0.2, 0.25) is 5.91 Å². The minimum Gasteiger partial charge on any atom is -0.341 e. The highest BCUT2D eigenvalue weighted by Gasteiger charge is 2.29. The van der Waals surface area contributed by atoms with Crippen molar-refractivity contribution in [1.82, 2.24) is 10.2 Å². The number of hydrogen-bond acceptors (Lipinski definition) is 2.